The van der Waals surface area contributed by atoms with Crippen molar-refractivity contribution in [2.45, 2.75) is 43.0 Å². The number of H-pyrrole nitrogens is 1. The summed E-state index contributed by atoms with van der Waals surface area (Å²) in [5, 5.41) is 9.63. The van der Waals surface area contributed by atoms with Crippen molar-refractivity contribution < 1.29 is 0 Å². The molecule has 1 N–H and O–H groups in total. The van der Waals surface area contributed by atoms with Gasteiger partial charge in [0.1, 0.15) is 11.6 Å². The molecule has 2 aromatic heterocycles. The van der Waals surface area contributed by atoms with E-state index in [-0.39, 0.29) is 0 Å². The van der Waals surface area contributed by atoms with Gasteiger partial charge in [0.25, 0.3) is 0 Å². The van der Waals surface area contributed by atoms with Gasteiger partial charge in [0.2, 0.25) is 0 Å². The Morgan fingerprint density at radius 1 is 1.21 bits per heavy atom. The Kier molecular flexibility index (Phi) is 4.14. The summed E-state index contributed by atoms with van der Waals surface area (Å²) >= 11 is 1.69. The van der Waals surface area contributed by atoms with Gasteiger partial charge in [0.15, 0.2) is 5.16 Å². The van der Waals surface area contributed by atoms with Gasteiger partial charge in [-0.15, -0.1) is 10.2 Å². The molecule has 0 amide bonds. The number of imidazole rings is 1. The summed E-state index contributed by atoms with van der Waals surface area (Å²) in [5.41, 5.74) is 3.53. The van der Waals surface area contributed by atoms with Crippen LogP contribution in [-0.4, -0.2) is 24.7 Å². The first-order chi connectivity index (χ1) is 11.7. The van der Waals surface area contributed by atoms with Gasteiger partial charge in [-0.05, 0) is 25.3 Å². The molecule has 1 fully saturated rings. The lowest BCUT2D eigenvalue weighted by Crippen LogP contribution is -2.00. The van der Waals surface area contributed by atoms with Crippen LogP contribution in [0.25, 0.3) is 0 Å². The summed E-state index contributed by atoms with van der Waals surface area (Å²) in [5.74, 6) is 3.56. The minimum Gasteiger partial charge on any atom is -0.337 e. The predicted molar refractivity (Wildman–Crippen MR) is 95.1 cm³/mol. The largest absolute Gasteiger partial charge is 0.337 e. The van der Waals surface area contributed by atoms with Crippen LogP contribution in [0.4, 0.5) is 0 Å². The maximum Gasteiger partial charge on any atom is 0.166 e. The Labute approximate surface area is 145 Å². The van der Waals surface area contributed by atoms with Crippen LogP contribution in [0, 0.1) is 6.92 Å². The highest BCUT2D eigenvalue weighted by molar-refractivity contribution is 7.98. The molecular weight excluding hydrogens is 318 g/mol. The first kappa shape index (κ1) is 15.4. The predicted octanol–water partition coefficient (Wildman–Crippen LogP) is 3.61. The Morgan fingerprint density at radius 3 is 2.75 bits per heavy atom. The quantitative estimate of drug-likeness (QED) is 0.697. The molecule has 0 bridgehead atoms. The van der Waals surface area contributed by atoms with Crippen LogP contribution < -0.4 is 0 Å². The second-order valence-corrected chi connectivity index (χ2v) is 7.34. The summed E-state index contributed by atoms with van der Waals surface area (Å²) in [6.07, 6.45) is 3.36. The lowest BCUT2D eigenvalue weighted by molar-refractivity contribution is 0.774. The molecule has 1 aromatic carbocycles. The molecule has 6 heteroatoms. The van der Waals surface area contributed by atoms with Gasteiger partial charge < -0.3 is 9.55 Å². The van der Waals surface area contributed by atoms with Crippen molar-refractivity contribution >= 4 is 11.8 Å². The highest BCUT2D eigenvalue weighted by Gasteiger charge is 2.29. The van der Waals surface area contributed by atoms with Crippen molar-refractivity contribution in [2.24, 2.45) is 7.05 Å². The molecular formula is C18H21N5S. The van der Waals surface area contributed by atoms with E-state index >= 15 is 0 Å². The molecule has 3 aromatic rings. The number of thioether (sulfide) groups is 1. The molecule has 0 atom stereocenters. The molecule has 0 saturated heterocycles. The molecule has 0 unspecified atom stereocenters. The standard InChI is InChI=1S/C18H21N5S/c1-12-15(10-13-6-4-3-5-7-13)20-18(19-12)24-11-16-21-22-17(23(16)2)14-8-9-14/h3-7,14H,8-11H2,1-2H3,(H,19,20). The fourth-order valence-corrected chi connectivity index (χ4v) is 3.74. The van der Waals surface area contributed by atoms with E-state index in [1.165, 1.54) is 18.4 Å². The molecule has 5 nitrogen and oxygen atoms in total. The van der Waals surface area contributed by atoms with Crippen LogP contribution in [0.3, 0.4) is 0 Å². The summed E-state index contributed by atoms with van der Waals surface area (Å²) in [7, 11) is 2.07. The zero-order valence-electron chi connectivity index (χ0n) is 14.0. The summed E-state index contributed by atoms with van der Waals surface area (Å²) in [6, 6.07) is 10.5. The third-order valence-corrected chi connectivity index (χ3v) is 5.33. The highest BCUT2D eigenvalue weighted by atomic mass is 32.2. The Balaban J connectivity index is 1.43. The van der Waals surface area contributed by atoms with Gasteiger partial charge in [-0.25, -0.2) is 4.98 Å². The number of hydrogen-bond donors (Lipinski definition) is 1. The molecule has 124 valence electrons. The third-order valence-electron chi connectivity index (χ3n) is 4.46. The van der Waals surface area contributed by atoms with Gasteiger partial charge >= 0.3 is 0 Å². The number of aromatic nitrogens is 5. The first-order valence-corrected chi connectivity index (χ1v) is 9.29. The number of hydrogen-bond acceptors (Lipinski definition) is 4. The molecule has 0 radical (unpaired) electrons. The topological polar surface area (TPSA) is 59.4 Å². The smallest absolute Gasteiger partial charge is 0.166 e. The average Bonchev–Trinajstić information content (AvgIpc) is 3.28. The lowest BCUT2D eigenvalue weighted by Gasteiger charge is -2.01. The molecule has 0 spiro atoms. The number of benzene rings is 1. The van der Waals surface area contributed by atoms with E-state index in [4.69, 9.17) is 4.98 Å². The zero-order chi connectivity index (χ0) is 16.5. The van der Waals surface area contributed by atoms with Gasteiger partial charge in [-0.1, -0.05) is 42.1 Å². The van der Waals surface area contributed by atoms with Crippen LogP contribution in [0.15, 0.2) is 35.5 Å². The second-order valence-electron chi connectivity index (χ2n) is 6.37. The van der Waals surface area contributed by atoms with E-state index in [9.17, 15) is 0 Å². The molecule has 1 aliphatic carbocycles. The summed E-state index contributed by atoms with van der Waals surface area (Å²) in [6.45, 7) is 2.09. The van der Waals surface area contributed by atoms with E-state index in [1.54, 1.807) is 11.8 Å². The van der Waals surface area contributed by atoms with Crippen LogP contribution >= 0.6 is 11.8 Å². The van der Waals surface area contributed by atoms with Crippen LogP contribution in [0.2, 0.25) is 0 Å². The second kappa shape index (κ2) is 6.43. The van der Waals surface area contributed by atoms with E-state index in [0.29, 0.717) is 5.92 Å². The van der Waals surface area contributed by atoms with E-state index < -0.39 is 0 Å². The normalized spacial score (nSPS) is 14.2. The number of aromatic amines is 1. The molecule has 24 heavy (non-hydrogen) atoms. The lowest BCUT2D eigenvalue weighted by atomic mass is 10.1. The maximum atomic E-state index is 4.75. The van der Waals surface area contributed by atoms with Gasteiger partial charge in [-0.2, -0.15) is 0 Å². The monoisotopic (exact) mass is 339 g/mol. The number of nitrogens with one attached hydrogen (secondary N) is 1. The van der Waals surface area contributed by atoms with Crippen LogP contribution in [0.5, 0.6) is 0 Å². The van der Waals surface area contributed by atoms with Crippen LogP contribution in [-0.2, 0) is 19.2 Å². The van der Waals surface area contributed by atoms with Crippen molar-refractivity contribution in [1.82, 2.24) is 24.7 Å². The van der Waals surface area contributed by atoms with E-state index in [2.05, 4.69) is 58.0 Å². The van der Waals surface area contributed by atoms with Gasteiger partial charge in [0, 0.05) is 25.1 Å². The molecule has 1 saturated carbocycles. The molecule has 0 aliphatic heterocycles. The summed E-state index contributed by atoms with van der Waals surface area (Å²) < 4.78 is 2.14. The number of rotatable bonds is 6. The first-order valence-electron chi connectivity index (χ1n) is 8.31. The maximum absolute atomic E-state index is 4.75. The minimum atomic E-state index is 0.629. The SMILES string of the molecule is Cc1[nH]c(SCc2nnc(C3CC3)n2C)nc1Cc1ccccc1. The minimum absolute atomic E-state index is 0.629. The van der Waals surface area contributed by atoms with E-state index in [0.717, 1.165) is 40.4 Å². The molecule has 2 heterocycles. The number of aryl methyl sites for hydroxylation is 1. The van der Waals surface area contributed by atoms with Crippen molar-refractivity contribution in [2.75, 3.05) is 0 Å². The Bertz CT molecular complexity index is 832. The van der Waals surface area contributed by atoms with Crippen LogP contribution in [0.1, 0.15) is 47.4 Å². The van der Waals surface area contributed by atoms with Gasteiger partial charge in [0.05, 0.1) is 11.4 Å². The van der Waals surface area contributed by atoms with Crippen molar-refractivity contribution in [3.63, 3.8) is 0 Å². The third kappa shape index (κ3) is 3.24. The van der Waals surface area contributed by atoms with E-state index in [1.807, 2.05) is 6.07 Å². The molecule has 4 rings (SSSR count). The Morgan fingerprint density at radius 2 is 2.00 bits per heavy atom. The fraction of sp³-hybridized carbons (Fsp3) is 0.389. The Hall–Kier alpha value is -2.08. The fourth-order valence-electron chi connectivity index (χ4n) is 2.83. The summed E-state index contributed by atoms with van der Waals surface area (Å²) in [4.78, 5) is 8.14. The van der Waals surface area contributed by atoms with Crippen molar-refractivity contribution in [3.05, 3.63) is 58.9 Å². The number of nitrogens with zero attached hydrogens (tertiary/aromatic N) is 4. The van der Waals surface area contributed by atoms with Crippen molar-refractivity contribution in [3.8, 4) is 0 Å². The van der Waals surface area contributed by atoms with Crippen molar-refractivity contribution in [1.29, 1.82) is 0 Å². The highest BCUT2D eigenvalue weighted by Crippen LogP contribution is 2.39. The zero-order valence-corrected chi connectivity index (χ0v) is 14.8. The van der Waals surface area contributed by atoms with Gasteiger partial charge in [-0.3, -0.25) is 0 Å². The molecule has 1 aliphatic rings. The average molecular weight is 339 g/mol.